The maximum Gasteiger partial charge on any atom is 0.243 e. The third-order valence-corrected chi connectivity index (χ3v) is 2.87. The Labute approximate surface area is 114 Å². The molecule has 0 saturated carbocycles. The molecular weight excluding hydrogens is 244 g/mol. The van der Waals surface area contributed by atoms with Crippen LogP contribution < -0.4 is 10.6 Å². The zero-order valence-electron chi connectivity index (χ0n) is 11.8. The van der Waals surface area contributed by atoms with Crippen molar-refractivity contribution < 1.29 is 9.53 Å². The summed E-state index contributed by atoms with van der Waals surface area (Å²) in [6.07, 6.45) is 2.82. The number of aliphatic imine (C=N–C) groups is 1. The van der Waals surface area contributed by atoms with Gasteiger partial charge in [0.05, 0.1) is 6.61 Å². The van der Waals surface area contributed by atoms with Crippen LogP contribution in [0.2, 0.25) is 0 Å². The molecule has 1 atom stereocenters. The van der Waals surface area contributed by atoms with Crippen LogP contribution in [-0.4, -0.2) is 63.7 Å². The van der Waals surface area contributed by atoms with Crippen LogP contribution in [0.15, 0.2) is 17.6 Å². The molecule has 19 heavy (non-hydrogen) atoms. The van der Waals surface area contributed by atoms with E-state index in [1.54, 1.807) is 20.2 Å². The van der Waals surface area contributed by atoms with Gasteiger partial charge in [0.25, 0.3) is 0 Å². The average molecular weight is 268 g/mol. The van der Waals surface area contributed by atoms with Crippen molar-refractivity contribution >= 4 is 11.9 Å². The molecule has 108 valence electrons. The standard InChI is InChI=1S/C13H24N4O2/c1-4-6-14-13(16-9-12(18)17(2)3)15-8-11-5-7-19-10-11/h4,11H,1,5-10H2,2-3H3,(H2,14,15,16). The molecule has 1 aliphatic rings. The largest absolute Gasteiger partial charge is 0.381 e. The van der Waals surface area contributed by atoms with Gasteiger partial charge in [0, 0.05) is 39.7 Å². The summed E-state index contributed by atoms with van der Waals surface area (Å²) >= 11 is 0. The lowest BCUT2D eigenvalue weighted by Gasteiger charge is -2.14. The van der Waals surface area contributed by atoms with E-state index in [0.29, 0.717) is 18.4 Å². The van der Waals surface area contributed by atoms with Crippen molar-refractivity contribution in [2.45, 2.75) is 6.42 Å². The Bertz CT molecular complexity index is 323. The van der Waals surface area contributed by atoms with Crippen LogP contribution in [0.3, 0.4) is 0 Å². The van der Waals surface area contributed by atoms with Crippen LogP contribution in [0, 0.1) is 5.92 Å². The summed E-state index contributed by atoms with van der Waals surface area (Å²) in [5, 5.41) is 6.33. The highest BCUT2D eigenvalue weighted by Gasteiger charge is 2.15. The number of likely N-dealkylation sites (N-methyl/N-ethyl adjacent to an activating group) is 1. The predicted octanol–water partition coefficient (Wildman–Crippen LogP) is -0.168. The molecule has 0 aromatic carbocycles. The highest BCUT2D eigenvalue weighted by atomic mass is 16.5. The lowest BCUT2D eigenvalue weighted by Crippen LogP contribution is -2.41. The normalized spacial score (nSPS) is 19.1. The van der Waals surface area contributed by atoms with Crippen molar-refractivity contribution in [2.75, 3.05) is 46.9 Å². The Kier molecular flexibility index (Phi) is 6.95. The number of amides is 1. The molecule has 6 nitrogen and oxygen atoms in total. The molecule has 0 aromatic rings. The number of hydrogen-bond donors (Lipinski definition) is 2. The molecule has 0 radical (unpaired) electrons. The second-order valence-corrected chi connectivity index (χ2v) is 4.73. The van der Waals surface area contributed by atoms with Crippen molar-refractivity contribution in [1.82, 2.24) is 15.5 Å². The summed E-state index contributed by atoms with van der Waals surface area (Å²) in [5.41, 5.74) is 0. The number of nitrogens with one attached hydrogen (secondary N) is 2. The average Bonchev–Trinajstić information content (AvgIpc) is 2.90. The number of carbonyl (C=O) groups excluding carboxylic acids is 1. The first kappa shape index (κ1) is 15.5. The van der Waals surface area contributed by atoms with E-state index >= 15 is 0 Å². The lowest BCUT2D eigenvalue weighted by molar-refractivity contribution is -0.127. The second kappa shape index (κ2) is 8.53. The monoisotopic (exact) mass is 268 g/mol. The van der Waals surface area contributed by atoms with Gasteiger partial charge in [0.1, 0.15) is 6.54 Å². The highest BCUT2D eigenvalue weighted by Crippen LogP contribution is 2.10. The summed E-state index contributed by atoms with van der Waals surface area (Å²) in [7, 11) is 3.44. The summed E-state index contributed by atoms with van der Waals surface area (Å²) in [5.74, 6) is 1.13. The van der Waals surface area contributed by atoms with Crippen LogP contribution in [0.5, 0.6) is 0 Å². The molecule has 2 N–H and O–H groups in total. The van der Waals surface area contributed by atoms with Gasteiger partial charge < -0.3 is 20.3 Å². The third kappa shape index (κ3) is 6.24. The van der Waals surface area contributed by atoms with Gasteiger partial charge in [-0.05, 0) is 6.42 Å². The van der Waals surface area contributed by atoms with E-state index in [4.69, 9.17) is 4.74 Å². The van der Waals surface area contributed by atoms with E-state index in [0.717, 1.165) is 26.2 Å². The maximum atomic E-state index is 11.5. The first-order chi connectivity index (χ1) is 9.13. The van der Waals surface area contributed by atoms with Crippen LogP contribution in [0.25, 0.3) is 0 Å². The number of nitrogens with zero attached hydrogens (tertiary/aromatic N) is 2. The minimum atomic E-state index is -0.0242. The van der Waals surface area contributed by atoms with Gasteiger partial charge in [-0.15, -0.1) is 6.58 Å². The fraction of sp³-hybridized carbons (Fsp3) is 0.692. The fourth-order valence-corrected chi connectivity index (χ4v) is 1.62. The van der Waals surface area contributed by atoms with E-state index in [1.807, 2.05) is 0 Å². The van der Waals surface area contributed by atoms with E-state index in [-0.39, 0.29) is 12.5 Å². The summed E-state index contributed by atoms with van der Waals surface area (Å²) < 4.78 is 5.32. The molecule has 1 aliphatic heterocycles. The summed E-state index contributed by atoms with van der Waals surface area (Å²) in [4.78, 5) is 17.3. The fourth-order valence-electron chi connectivity index (χ4n) is 1.62. The zero-order valence-corrected chi connectivity index (χ0v) is 11.8. The van der Waals surface area contributed by atoms with Crippen molar-refractivity contribution in [1.29, 1.82) is 0 Å². The minimum Gasteiger partial charge on any atom is -0.381 e. The topological polar surface area (TPSA) is 66.0 Å². The lowest BCUT2D eigenvalue weighted by atomic mass is 10.1. The Hall–Kier alpha value is -1.56. The minimum absolute atomic E-state index is 0.0242. The maximum absolute atomic E-state index is 11.5. The Morgan fingerprint density at radius 3 is 2.89 bits per heavy atom. The molecule has 1 amide bonds. The molecule has 0 spiro atoms. The van der Waals surface area contributed by atoms with Gasteiger partial charge in [-0.2, -0.15) is 0 Å². The molecule has 1 heterocycles. The second-order valence-electron chi connectivity index (χ2n) is 4.73. The molecule has 1 fully saturated rings. The van der Waals surface area contributed by atoms with Gasteiger partial charge in [-0.3, -0.25) is 4.79 Å². The predicted molar refractivity (Wildman–Crippen MR) is 76.1 cm³/mol. The summed E-state index contributed by atoms with van der Waals surface area (Å²) in [6, 6.07) is 0. The smallest absolute Gasteiger partial charge is 0.243 e. The molecule has 0 aliphatic carbocycles. The van der Waals surface area contributed by atoms with Gasteiger partial charge in [0.2, 0.25) is 5.91 Å². The SMILES string of the molecule is C=CCNC(=NCC(=O)N(C)C)NCC1CCOC1. The molecule has 1 saturated heterocycles. The van der Waals surface area contributed by atoms with Crippen LogP contribution in [0.1, 0.15) is 6.42 Å². The molecule has 1 unspecified atom stereocenters. The number of ether oxygens (including phenoxy) is 1. The Morgan fingerprint density at radius 2 is 2.32 bits per heavy atom. The van der Waals surface area contributed by atoms with E-state index in [9.17, 15) is 4.79 Å². The van der Waals surface area contributed by atoms with Crippen molar-refractivity contribution in [3.05, 3.63) is 12.7 Å². The number of hydrogen-bond acceptors (Lipinski definition) is 3. The van der Waals surface area contributed by atoms with Crippen LogP contribution >= 0.6 is 0 Å². The number of guanidine groups is 1. The van der Waals surface area contributed by atoms with E-state index in [1.165, 1.54) is 4.90 Å². The van der Waals surface area contributed by atoms with E-state index < -0.39 is 0 Å². The van der Waals surface area contributed by atoms with Gasteiger partial charge >= 0.3 is 0 Å². The quantitative estimate of drug-likeness (QED) is 0.399. The van der Waals surface area contributed by atoms with Crippen LogP contribution in [-0.2, 0) is 9.53 Å². The van der Waals surface area contributed by atoms with Crippen molar-refractivity contribution in [3.63, 3.8) is 0 Å². The van der Waals surface area contributed by atoms with Crippen molar-refractivity contribution in [3.8, 4) is 0 Å². The molecular formula is C13H24N4O2. The number of rotatable bonds is 6. The van der Waals surface area contributed by atoms with Crippen LogP contribution in [0.4, 0.5) is 0 Å². The molecule has 1 rings (SSSR count). The highest BCUT2D eigenvalue weighted by molar-refractivity contribution is 5.84. The van der Waals surface area contributed by atoms with Crippen molar-refractivity contribution in [2.24, 2.45) is 10.9 Å². The van der Waals surface area contributed by atoms with E-state index in [2.05, 4.69) is 22.2 Å². The zero-order chi connectivity index (χ0) is 14.1. The number of carbonyl (C=O) groups is 1. The Morgan fingerprint density at radius 1 is 1.53 bits per heavy atom. The van der Waals surface area contributed by atoms with Gasteiger partial charge in [-0.1, -0.05) is 6.08 Å². The first-order valence-electron chi connectivity index (χ1n) is 6.54. The molecule has 0 aromatic heterocycles. The third-order valence-electron chi connectivity index (χ3n) is 2.87. The molecule has 6 heteroatoms. The Balaban J connectivity index is 2.42. The van der Waals surface area contributed by atoms with Gasteiger partial charge in [0.15, 0.2) is 5.96 Å². The summed E-state index contributed by atoms with van der Waals surface area (Å²) in [6.45, 7) is 6.83. The first-order valence-corrected chi connectivity index (χ1v) is 6.54. The molecule has 0 bridgehead atoms. The van der Waals surface area contributed by atoms with Gasteiger partial charge in [-0.25, -0.2) is 4.99 Å².